The summed E-state index contributed by atoms with van der Waals surface area (Å²) in [7, 11) is 0. The summed E-state index contributed by atoms with van der Waals surface area (Å²) in [6, 6.07) is 0.0153. The van der Waals surface area contributed by atoms with E-state index in [1.54, 1.807) is 0 Å². The highest BCUT2D eigenvalue weighted by Crippen LogP contribution is 2.20. The van der Waals surface area contributed by atoms with E-state index in [2.05, 4.69) is 5.32 Å². The maximum absolute atomic E-state index is 11.5. The minimum Gasteiger partial charge on any atom is -0.378 e. The predicted molar refractivity (Wildman–Crippen MR) is 50.2 cm³/mol. The zero-order valence-corrected chi connectivity index (χ0v) is 8.25. The van der Waals surface area contributed by atoms with Crippen molar-refractivity contribution in [3.63, 3.8) is 0 Å². The van der Waals surface area contributed by atoms with E-state index in [0.717, 1.165) is 6.42 Å². The molecule has 0 aromatic rings. The minimum absolute atomic E-state index is 0.0127. The molecule has 0 aliphatic carbocycles. The summed E-state index contributed by atoms with van der Waals surface area (Å²) >= 11 is 0. The third-order valence-corrected chi connectivity index (χ3v) is 2.31. The molecule has 3 N–H and O–H groups in total. The second kappa shape index (κ2) is 4.58. The Labute approximate surface area is 78.8 Å². The molecule has 1 aliphatic heterocycles. The zero-order chi connectivity index (χ0) is 9.84. The molecule has 1 saturated heterocycles. The van der Waals surface area contributed by atoms with Crippen molar-refractivity contribution in [1.29, 1.82) is 0 Å². The molecule has 1 fully saturated rings. The molecule has 0 radical (unpaired) electrons. The van der Waals surface area contributed by atoms with Gasteiger partial charge in [0.2, 0.25) is 5.91 Å². The van der Waals surface area contributed by atoms with Crippen LogP contribution in [0.25, 0.3) is 0 Å². The molecule has 0 aromatic heterocycles. The van der Waals surface area contributed by atoms with Crippen LogP contribution in [0.2, 0.25) is 0 Å². The number of hydrogen-bond acceptors (Lipinski definition) is 3. The van der Waals surface area contributed by atoms with E-state index < -0.39 is 0 Å². The van der Waals surface area contributed by atoms with Crippen LogP contribution in [0.15, 0.2) is 0 Å². The normalized spacial score (nSPS) is 30.1. The van der Waals surface area contributed by atoms with Crippen molar-refractivity contribution >= 4 is 5.91 Å². The van der Waals surface area contributed by atoms with Crippen LogP contribution in [0.3, 0.4) is 0 Å². The second-order valence-corrected chi connectivity index (χ2v) is 3.69. The second-order valence-electron chi connectivity index (χ2n) is 3.69. The molecule has 4 heteroatoms. The van der Waals surface area contributed by atoms with Gasteiger partial charge >= 0.3 is 0 Å². The van der Waals surface area contributed by atoms with Crippen LogP contribution in [0, 0.1) is 5.92 Å². The number of amides is 1. The summed E-state index contributed by atoms with van der Waals surface area (Å²) in [6.07, 6.45) is 0.874. The topological polar surface area (TPSA) is 64.3 Å². The first-order valence-electron chi connectivity index (χ1n) is 4.76. The van der Waals surface area contributed by atoms with Crippen molar-refractivity contribution in [2.24, 2.45) is 11.7 Å². The van der Waals surface area contributed by atoms with E-state index >= 15 is 0 Å². The fourth-order valence-electron chi connectivity index (χ4n) is 1.47. The standard InChI is InChI=1S/C9H18N2O2/c1-6(10)5-11-9(12)8-3-4-13-7(8)2/h6-8H,3-5,10H2,1-2H3,(H,11,12). The quantitative estimate of drug-likeness (QED) is 0.645. The van der Waals surface area contributed by atoms with Crippen LogP contribution in [0.5, 0.6) is 0 Å². The van der Waals surface area contributed by atoms with E-state index in [-0.39, 0.29) is 24.0 Å². The summed E-state index contributed by atoms with van der Waals surface area (Å²) in [5, 5.41) is 2.81. The van der Waals surface area contributed by atoms with Gasteiger partial charge in [0.15, 0.2) is 0 Å². The first-order chi connectivity index (χ1) is 6.11. The SMILES string of the molecule is CC(N)CNC(=O)C1CCOC1C. The number of nitrogens with one attached hydrogen (secondary N) is 1. The van der Waals surface area contributed by atoms with Gasteiger partial charge in [-0.15, -0.1) is 0 Å². The Balaban J connectivity index is 2.30. The third kappa shape index (κ3) is 2.97. The molecule has 1 amide bonds. The summed E-state index contributed by atoms with van der Waals surface area (Å²) in [4.78, 5) is 11.5. The van der Waals surface area contributed by atoms with Gasteiger partial charge in [-0.05, 0) is 20.3 Å². The summed E-state index contributed by atoms with van der Waals surface area (Å²) in [5.74, 6) is 0.0843. The van der Waals surface area contributed by atoms with Crippen molar-refractivity contribution in [3.05, 3.63) is 0 Å². The van der Waals surface area contributed by atoms with Crippen LogP contribution in [0.1, 0.15) is 20.3 Å². The smallest absolute Gasteiger partial charge is 0.225 e. The Morgan fingerprint density at radius 3 is 2.92 bits per heavy atom. The maximum atomic E-state index is 11.5. The third-order valence-electron chi connectivity index (χ3n) is 2.31. The van der Waals surface area contributed by atoms with Crippen molar-refractivity contribution < 1.29 is 9.53 Å². The Kier molecular flexibility index (Phi) is 3.69. The number of carbonyl (C=O) groups is 1. The van der Waals surface area contributed by atoms with E-state index in [1.807, 2.05) is 13.8 Å². The molecule has 1 aliphatic rings. The number of nitrogens with two attached hydrogens (primary N) is 1. The molecule has 0 saturated carbocycles. The lowest BCUT2D eigenvalue weighted by molar-refractivity contribution is -0.126. The molecule has 4 nitrogen and oxygen atoms in total. The molecule has 0 aromatic carbocycles. The minimum atomic E-state index is 0.0127. The highest BCUT2D eigenvalue weighted by atomic mass is 16.5. The van der Waals surface area contributed by atoms with Crippen LogP contribution in [-0.4, -0.2) is 31.2 Å². The highest BCUT2D eigenvalue weighted by molar-refractivity contribution is 5.79. The molecule has 13 heavy (non-hydrogen) atoms. The summed E-state index contributed by atoms with van der Waals surface area (Å²) < 4.78 is 5.30. The van der Waals surface area contributed by atoms with E-state index in [4.69, 9.17) is 10.5 Å². The van der Waals surface area contributed by atoms with E-state index in [1.165, 1.54) is 0 Å². The van der Waals surface area contributed by atoms with E-state index in [0.29, 0.717) is 13.2 Å². The molecular formula is C9H18N2O2. The van der Waals surface area contributed by atoms with Crippen LogP contribution >= 0.6 is 0 Å². The molecule has 0 bridgehead atoms. The molecule has 0 spiro atoms. The van der Waals surface area contributed by atoms with Crippen LogP contribution in [0.4, 0.5) is 0 Å². The predicted octanol–water partition coefficient (Wildman–Crippen LogP) is -0.125. The van der Waals surface area contributed by atoms with Gasteiger partial charge in [-0.2, -0.15) is 0 Å². The van der Waals surface area contributed by atoms with Crippen LogP contribution in [-0.2, 0) is 9.53 Å². The van der Waals surface area contributed by atoms with Crippen molar-refractivity contribution in [2.75, 3.05) is 13.2 Å². The molecule has 1 rings (SSSR count). The molecule has 76 valence electrons. The van der Waals surface area contributed by atoms with Gasteiger partial charge in [-0.3, -0.25) is 4.79 Å². The summed E-state index contributed by atoms with van der Waals surface area (Å²) in [5.41, 5.74) is 5.53. The molecular weight excluding hydrogens is 168 g/mol. The Bertz CT molecular complexity index is 182. The lowest BCUT2D eigenvalue weighted by Gasteiger charge is -2.14. The Morgan fingerprint density at radius 1 is 1.77 bits per heavy atom. The van der Waals surface area contributed by atoms with Crippen molar-refractivity contribution in [3.8, 4) is 0 Å². The highest BCUT2D eigenvalue weighted by Gasteiger charge is 2.30. The monoisotopic (exact) mass is 186 g/mol. The van der Waals surface area contributed by atoms with Gasteiger partial charge < -0.3 is 15.8 Å². The maximum Gasteiger partial charge on any atom is 0.225 e. The number of carbonyl (C=O) groups excluding carboxylic acids is 1. The van der Waals surface area contributed by atoms with Crippen molar-refractivity contribution in [2.45, 2.75) is 32.4 Å². The fraction of sp³-hybridized carbons (Fsp3) is 0.889. The molecule has 1 heterocycles. The van der Waals surface area contributed by atoms with Gasteiger partial charge in [-0.1, -0.05) is 0 Å². The van der Waals surface area contributed by atoms with E-state index in [9.17, 15) is 4.79 Å². The lowest BCUT2D eigenvalue weighted by Crippen LogP contribution is -2.40. The van der Waals surface area contributed by atoms with Crippen LogP contribution < -0.4 is 11.1 Å². The Hall–Kier alpha value is -0.610. The van der Waals surface area contributed by atoms with Crippen molar-refractivity contribution in [1.82, 2.24) is 5.32 Å². The molecule has 3 unspecified atom stereocenters. The van der Waals surface area contributed by atoms with Gasteiger partial charge in [0.05, 0.1) is 12.0 Å². The lowest BCUT2D eigenvalue weighted by atomic mass is 10.0. The fourth-order valence-corrected chi connectivity index (χ4v) is 1.47. The first-order valence-corrected chi connectivity index (χ1v) is 4.76. The van der Waals surface area contributed by atoms with Gasteiger partial charge in [0, 0.05) is 19.2 Å². The number of rotatable bonds is 3. The first kappa shape index (κ1) is 10.5. The Morgan fingerprint density at radius 2 is 2.46 bits per heavy atom. The zero-order valence-electron chi connectivity index (χ0n) is 8.25. The number of hydrogen-bond donors (Lipinski definition) is 2. The van der Waals surface area contributed by atoms with Gasteiger partial charge in [0.25, 0.3) is 0 Å². The largest absolute Gasteiger partial charge is 0.378 e. The molecule has 3 atom stereocenters. The van der Waals surface area contributed by atoms with Gasteiger partial charge in [-0.25, -0.2) is 0 Å². The average molecular weight is 186 g/mol. The van der Waals surface area contributed by atoms with Gasteiger partial charge in [0.1, 0.15) is 0 Å². The average Bonchev–Trinajstić information content (AvgIpc) is 2.47. The summed E-state index contributed by atoms with van der Waals surface area (Å²) in [6.45, 7) is 5.04. The number of ether oxygens (including phenoxy) is 1.